The predicted molar refractivity (Wildman–Crippen MR) is 92.7 cm³/mol. The molecular weight excluding hydrogens is 288 g/mol. The van der Waals surface area contributed by atoms with E-state index in [1.807, 2.05) is 12.1 Å². The molecular formula is C19H26N2O2. The molecule has 2 aromatic rings. The third kappa shape index (κ3) is 7.39. The summed E-state index contributed by atoms with van der Waals surface area (Å²) >= 11 is 0. The van der Waals surface area contributed by atoms with Gasteiger partial charge in [0, 0.05) is 32.8 Å². The Morgan fingerprint density at radius 3 is 1.91 bits per heavy atom. The van der Waals surface area contributed by atoms with Gasteiger partial charge in [-0.3, -0.25) is 5.43 Å². The van der Waals surface area contributed by atoms with Gasteiger partial charge in [-0.05, 0) is 17.5 Å². The molecule has 0 aliphatic rings. The van der Waals surface area contributed by atoms with E-state index in [9.17, 15) is 0 Å². The van der Waals surface area contributed by atoms with Crippen molar-refractivity contribution in [2.24, 2.45) is 0 Å². The van der Waals surface area contributed by atoms with Crippen LogP contribution in [0.3, 0.4) is 0 Å². The second-order valence-electron chi connectivity index (χ2n) is 5.42. The van der Waals surface area contributed by atoms with Gasteiger partial charge in [0.25, 0.3) is 0 Å². The van der Waals surface area contributed by atoms with Gasteiger partial charge in [-0.25, -0.2) is 5.01 Å². The molecule has 0 unspecified atom stereocenters. The van der Waals surface area contributed by atoms with E-state index in [-0.39, 0.29) is 6.61 Å². The summed E-state index contributed by atoms with van der Waals surface area (Å²) in [5.74, 6) is 0. The fourth-order valence-electron chi connectivity index (χ4n) is 2.32. The number of ether oxygens (including phenoxy) is 1. The van der Waals surface area contributed by atoms with E-state index in [2.05, 4.69) is 59.0 Å². The van der Waals surface area contributed by atoms with Crippen LogP contribution in [0.5, 0.6) is 0 Å². The molecule has 4 nitrogen and oxygen atoms in total. The molecule has 2 aromatic carbocycles. The fourth-order valence-corrected chi connectivity index (χ4v) is 2.32. The molecule has 0 atom stereocenters. The van der Waals surface area contributed by atoms with Crippen molar-refractivity contribution in [1.82, 2.24) is 10.4 Å². The van der Waals surface area contributed by atoms with Gasteiger partial charge in [0.1, 0.15) is 0 Å². The highest BCUT2D eigenvalue weighted by molar-refractivity contribution is 5.16. The van der Waals surface area contributed by atoms with Gasteiger partial charge in [0.05, 0.1) is 6.61 Å². The van der Waals surface area contributed by atoms with E-state index >= 15 is 0 Å². The number of hydrazine groups is 1. The highest BCUT2D eigenvalue weighted by Crippen LogP contribution is 2.07. The summed E-state index contributed by atoms with van der Waals surface area (Å²) in [6, 6.07) is 20.9. The van der Waals surface area contributed by atoms with E-state index in [1.54, 1.807) is 0 Å². The van der Waals surface area contributed by atoms with Crippen LogP contribution in [0.1, 0.15) is 17.5 Å². The molecule has 2 N–H and O–H groups in total. The van der Waals surface area contributed by atoms with Crippen LogP contribution in [0.25, 0.3) is 0 Å². The van der Waals surface area contributed by atoms with E-state index in [1.165, 1.54) is 11.1 Å². The van der Waals surface area contributed by atoms with Crippen LogP contribution in [0.4, 0.5) is 0 Å². The summed E-state index contributed by atoms with van der Waals surface area (Å²) in [4.78, 5) is 0. The fraction of sp³-hybridized carbons (Fsp3) is 0.368. The Kier molecular flexibility index (Phi) is 8.37. The maximum absolute atomic E-state index is 8.74. The zero-order chi connectivity index (χ0) is 16.2. The minimum absolute atomic E-state index is 0.182. The van der Waals surface area contributed by atoms with Crippen LogP contribution < -0.4 is 5.43 Å². The average Bonchev–Trinajstić information content (AvgIpc) is 2.60. The number of aliphatic hydroxyl groups is 1. The minimum atomic E-state index is 0.182. The predicted octanol–water partition coefficient (Wildman–Crippen LogP) is 2.59. The molecule has 0 heterocycles. The van der Waals surface area contributed by atoms with Crippen LogP contribution in [0.2, 0.25) is 0 Å². The summed E-state index contributed by atoms with van der Waals surface area (Å²) < 4.78 is 5.48. The van der Waals surface area contributed by atoms with E-state index in [0.717, 1.165) is 19.6 Å². The van der Waals surface area contributed by atoms with Gasteiger partial charge in [-0.2, -0.15) is 0 Å². The van der Waals surface area contributed by atoms with Crippen molar-refractivity contribution in [3.05, 3.63) is 71.8 Å². The van der Waals surface area contributed by atoms with Crippen LogP contribution in [0, 0.1) is 0 Å². The highest BCUT2D eigenvalue weighted by atomic mass is 16.5. The Hall–Kier alpha value is -1.72. The zero-order valence-electron chi connectivity index (χ0n) is 13.5. The number of hydrogen-bond acceptors (Lipinski definition) is 4. The van der Waals surface area contributed by atoms with Gasteiger partial charge in [-0.1, -0.05) is 60.7 Å². The number of nitrogens with one attached hydrogen (secondary N) is 1. The van der Waals surface area contributed by atoms with Crippen LogP contribution in [-0.4, -0.2) is 36.5 Å². The first-order valence-electron chi connectivity index (χ1n) is 8.13. The molecule has 0 spiro atoms. The normalized spacial score (nSPS) is 11.0. The summed E-state index contributed by atoms with van der Waals surface area (Å²) in [6.07, 6.45) is 0.692. The third-order valence-electron chi connectivity index (χ3n) is 3.46. The second-order valence-corrected chi connectivity index (χ2v) is 5.42. The van der Waals surface area contributed by atoms with Gasteiger partial charge < -0.3 is 9.84 Å². The molecule has 124 valence electrons. The second kappa shape index (κ2) is 10.9. The lowest BCUT2D eigenvalue weighted by Crippen LogP contribution is -2.39. The van der Waals surface area contributed by atoms with Crippen molar-refractivity contribution in [1.29, 1.82) is 0 Å². The number of rotatable bonds is 11. The maximum atomic E-state index is 8.74. The smallest absolute Gasteiger partial charge is 0.0604 e. The Bertz CT molecular complexity index is 478. The van der Waals surface area contributed by atoms with Crippen LogP contribution >= 0.6 is 0 Å². The number of nitrogens with zero attached hydrogens (tertiary/aromatic N) is 1. The largest absolute Gasteiger partial charge is 0.396 e. The standard InChI is InChI=1S/C19H26N2O2/c22-13-7-14-23-15-12-20-21(16-18-8-3-1-4-9-18)17-19-10-5-2-6-11-19/h1-6,8-11,20,22H,7,12-17H2. The van der Waals surface area contributed by atoms with Crippen molar-refractivity contribution in [2.45, 2.75) is 19.5 Å². The molecule has 0 aromatic heterocycles. The van der Waals surface area contributed by atoms with Gasteiger partial charge >= 0.3 is 0 Å². The first-order valence-corrected chi connectivity index (χ1v) is 8.13. The highest BCUT2D eigenvalue weighted by Gasteiger charge is 2.06. The summed E-state index contributed by atoms with van der Waals surface area (Å²) in [5, 5.41) is 10.9. The lowest BCUT2D eigenvalue weighted by atomic mass is 10.2. The molecule has 0 aliphatic carbocycles. The summed E-state index contributed by atoms with van der Waals surface area (Å²) in [7, 11) is 0. The lowest BCUT2D eigenvalue weighted by molar-refractivity contribution is 0.0896. The topological polar surface area (TPSA) is 44.7 Å². The van der Waals surface area contributed by atoms with Crippen LogP contribution in [-0.2, 0) is 17.8 Å². The summed E-state index contributed by atoms with van der Waals surface area (Å²) in [6.45, 7) is 3.86. The Morgan fingerprint density at radius 2 is 1.39 bits per heavy atom. The van der Waals surface area contributed by atoms with E-state index < -0.39 is 0 Å². The molecule has 23 heavy (non-hydrogen) atoms. The number of hydrogen-bond donors (Lipinski definition) is 2. The molecule has 0 saturated heterocycles. The van der Waals surface area contributed by atoms with Gasteiger partial charge in [-0.15, -0.1) is 0 Å². The van der Waals surface area contributed by atoms with Crippen molar-refractivity contribution < 1.29 is 9.84 Å². The number of benzene rings is 2. The third-order valence-corrected chi connectivity index (χ3v) is 3.46. The minimum Gasteiger partial charge on any atom is -0.396 e. The SMILES string of the molecule is OCCCOCCNN(Cc1ccccc1)Cc1ccccc1. The lowest BCUT2D eigenvalue weighted by Gasteiger charge is -2.23. The summed E-state index contributed by atoms with van der Waals surface area (Å²) in [5.41, 5.74) is 5.99. The van der Waals surface area contributed by atoms with Gasteiger partial charge in [0.15, 0.2) is 0 Å². The Labute approximate surface area is 138 Å². The van der Waals surface area contributed by atoms with Crippen molar-refractivity contribution in [3.63, 3.8) is 0 Å². The molecule has 0 amide bonds. The average molecular weight is 314 g/mol. The zero-order valence-corrected chi connectivity index (χ0v) is 13.5. The monoisotopic (exact) mass is 314 g/mol. The number of aliphatic hydroxyl groups excluding tert-OH is 1. The van der Waals surface area contributed by atoms with Crippen molar-refractivity contribution in [3.8, 4) is 0 Å². The molecule has 0 bridgehead atoms. The first-order chi connectivity index (χ1) is 11.4. The van der Waals surface area contributed by atoms with Gasteiger partial charge in [0.2, 0.25) is 0 Å². The van der Waals surface area contributed by atoms with E-state index in [4.69, 9.17) is 9.84 Å². The molecule has 2 rings (SSSR count). The molecule has 0 fully saturated rings. The van der Waals surface area contributed by atoms with E-state index in [0.29, 0.717) is 19.6 Å². The Balaban J connectivity index is 1.83. The Morgan fingerprint density at radius 1 is 0.826 bits per heavy atom. The molecule has 0 radical (unpaired) electrons. The molecule has 0 aliphatic heterocycles. The maximum Gasteiger partial charge on any atom is 0.0604 e. The molecule has 0 saturated carbocycles. The van der Waals surface area contributed by atoms with Crippen molar-refractivity contribution in [2.75, 3.05) is 26.4 Å². The quantitative estimate of drug-likeness (QED) is 0.494. The van der Waals surface area contributed by atoms with Crippen LogP contribution in [0.15, 0.2) is 60.7 Å². The van der Waals surface area contributed by atoms with Crippen molar-refractivity contribution >= 4 is 0 Å². The molecule has 4 heteroatoms. The first kappa shape index (κ1) is 17.6.